The van der Waals surface area contributed by atoms with E-state index in [4.69, 9.17) is 0 Å². The fourth-order valence-corrected chi connectivity index (χ4v) is 3.77. The third-order valence-electron chi connectivity index (χ3n) is 3.93. The Morgan fingerprint density at radius 3 is 2.27 bits per heavy atom. The van der Waals surface area contributed by atoms with E-state index in [1.165, 1.54) is 0 Å². The van der Waals surface area contributed by atoms with Gasteiger partial charge in [0.25, 0.3) is 0 Å². The zero-order valence-corrected chi connectivity index (χ0v) is 15.0. The smallest absolute Gasteiger partial charge is 0.137 e. The summed E-state index contributed by atoms with van der Waals surface area (Å²) in [5, 5.41) is 0. The third kappa shape index (κ3) is 5.65. The lowest BCUT2D eigenvalue weighted by Gasteiger charge is -2.25. The minimum Gasteiger partial charge on any atom is -0.299 e. The van der Waals surface area contributed by atoms with Crippen molar-refractivity contribution in [2.24, 2.45) is 5.92 Å². The third-order valence-corrected chi connectivity index (χ3v) is 5.15. The Labute approximate surface area is 137 Å². The summed E-state index contributed by atoms with van der Waals surface area (Å²) in [6.45, 7) is 8.17. The minimum atomic E-state index is -1.27. The van der Waals surface area contributed by atoms with Gasteiger partial charge in [0.05, 0.1) is 4.90 Å². The number of carbonyl (C=O) groups excluding carboxylic acids is 1. The molecule has 22 heavy (non-hydrogen) atoms. The molecule has 0 amide bonds. The average molecular weight is 324 g/mol. The second-order valence-electron chi connectivity index (χ2n) is 5.83. The molecule has 1 N–H and O–H groups in total. The van der Waals surface area contributed by atoms with Crippen LogP contribution in [0.15, 0.2) is 29.2 Å². The van der Waals surface area contributed by atoms with Crippen LogP contribution in [-0.4, -0.2) is 16.0 Å². The number of Topliss-reactive ketones (excluding diaryl/α,β-unsaturated/α-hetero) is 1. The van der Waals surface area contributed by atoms with Crippen LogP contribution in [0.1, 0.15) is 58.4 Å². The number of aryl methyl sites for hydroxylation is 1. The first-order chi connectivity index (χ1) is 10.5. The monoisotopic (exact) mass is 323 g/mol. The molecule has 0 bridgehead atoms. The van der Waals surface area contributed by atoms with E-state index in [1.54, 1.807) is 0 Å². The summed E-state index contributed by atoms with van der Waals surface area (Å²) >= 11 is 0. The van der Waals surface area contributed by atoms with Crippen molar-refractivity contribution in [2.75, 3.05) is 0 Å². The summed E-state index contributed by atoms with van der Waals surface area (Å²) < 4.78 is 15.7. The first-order valence-electron chi connectivity index (χ1n) is 8.30. The molecular formula is C18H29NO2S. The second-order valence-corrected chi connectivity index (χ2v) is 7.07. The zero-order valence-electron chi connectivity index (χ0n) is 14.2. The molecule has 0 heterocycles. The van der Waals surface area contributed by atoms with Gasteiger partial charge in [-0.05, 0) is 38.3 Å². The standard InChI is InChI=1S/C18H29NO2S/c1-5-8-17(16(7-3)18(20)9-6-2)19-22(21)15-12-10-14(4)11-13-15/h10-13,16-17,19H,5-9H2,1-4H3/t16-,17+,22?/m1/s1. The number of carbonyl (C=O) groups is 1. The molecule has 0 aliphatic heterocycles. The van der Waals surface area contributed by atoms with Gasteiger partial charge in [0.1, 0.15) is 16.8 Å². The molecule has 124 valence electrons. The number of rotatable bonds is 10. The maximum atomic E-state index is 12.5. The highest BCUT2D eigenvalue weighted by molar-refractivity contribution is 7.83. The van der Waals surface area contributed by atoms with E-state index in [2.05, 4.69) is 11.6 Å². The van der Waals surface area contributed by atoms with Crippen molar-refractivity contribution in [1.29, 1.82) is 0 Å². The SMILES string of the molecule is CCCC(=O)[C@H](CC)[C@H](CCC)NS(=O)c1ccc(C)cc1. The van der Waals surface area contributed by atoms with Crippen molar-refractivity contribution >= 4 is 16.8 Å². The highest BCUT2D eigenvalue weighted by atomic mass is 32.2. The highest BCUT2D eigenvalue weighted by Gasteiger charge is 2.26. The van der Waals surface area contributed by atoms with E-state index in [-0.39, 0.29) is 17.7 Å². The fraction of sp³-hybridized carbons (Fsp3) is 0.611. The van der Waals surface area contributed by atoms with Gasteiger partial charge in [0.2, 0.25) is 0 Å². The molecule has 1 rings (SSSR count). The lowest BCUT2D eigenvalue weighted by atomic mass is 9.88. The van der Waals surface area contributed by atoms with E-state index in [1.807, 2.05) is 45.0 Å². The van der Waals surface area contributed by atoms with Crippen LogP contribution in [0.2, 0.25) is 0 Å². The summed E-state index contributed by atoms with van der Waals surface area (Å²) in [4.78, 5) is 13.1. The van der Waals surface area contributed by atoms with Gasteiger partial charge in [-0.25, -0.2) is 8.93 Å². The van der Waals surface area contributed by atoms with E-state index >= 15 is 0 Å². The Kier molecular flexibility index (Phi) is 8.57. The first-order valence-corrected chi connectivity index (χ1v) is 9.45. The maximum absolute atomic E-state index is 12.5. The molecule has 1 aromatic rings. The highest BCUT2D eigenvalue weighted by Crippen LogP contribution is 2.19. The molecule has 3 atom stereocenters. The Morgan fingerprint density at radius 2 is 1.77 bits per heavy atom. The number of benzene rings is 1. The number of nitrogens with one attached hydrogen (secondary N) is 1. The van der Waals surface area contributed by atoms with Crippen LogP contribution < -0.4 is 4.72 Å². The molecule has 3 nitrogen and oxygen atoms in total. The lowest BCUT2D eigenvalue weighted by molar-refractivity contribution is -0.123. The fourth-order valence-electron chi connectivity index (χ4n) is 2.69. The number of ketones is 1. The molecule has 0 aromatic heterocycles. The van der Waals surface area contributed by atoms with Crippen LogP contribution in [0.4, 0.5) is 0 Å². The van der Waals surface area contributed by atoms with E-state index < -0.39 is 11.0 Å². The van der Waals surface area contributed by atoms with E-state index in [0.717, 1.165) is 36.1 Å². The molecule has 0 saturated heterocycles. The first kappa shape index (κ1) is 19.0. The van der Waals surface area contributed by atoms with Crippen molar-refractivity contribution in [1.82, 2.24) is 4.72 Å². The Hall–Kier alpha value is -1.00. The lowest BCUT2D eigenvalue weighted by Crippen LogP contribution is -2.40. The summed E-state index contributed by atoms with van der Waals surface area (Å²) in [5.74, 6) is 0.242. The van der Waals surface area contributed by atoms with Crippen LogP contribution in [0, 0.1) is 12.8 Å². The van der Waals surface area contributed by atoms with Crippen LogP contribution in [0.25, 0.3) is 0 Å². The Morgan fingerprint density at radius 1 is 1.14 bits per heavy atom. The predicted molar refractivity (Wildman–Crippen MR) is 93.1 cm³/mol. The van der Waals surface area contributed by atoms with Gasteiger partial charge < -0.3 is 0 Å². The van der Waals surface area contributed by atoms with Gasteiger partial charge >= 0.3 is 0 Å². The van der Waals surface area contributed by atoms with Crippen molar-refractivity contribution in [3.8, 4) is 0 Å². The van der Waals surface area contributed by atoms with Crippen molar-refractivity contribution < 1.29 is 9.00 Å². The molecule has 0 aliphatic carbocycles. The summed E-state index contributed by atoms with van der Waals surface area (Å²) in [7, 11) is -1.27. The molecule has 0 fully saturated rings. The van der Waals surface area contributed by atoms with Crippen LogP contribution in [0.5, 0.6) is 0 Å². The summed E-state index contributed by atoms with van der Waals surface area (Å²) in [6, 6.07) is 7.68. The molecule has 0 spiro atoms. The molecular weight excluding hydrogens is 294 g/mol. The van der Waals surface area contributed by atoms with E-state index in [9.17, 15) is 9.00 Å². The molecule has 1 aromatic carbocycles. The van der Waals surface area contributed by atoms with Crippen LogP contribution in [0.3, 0.4) is 0 Å². The largest absolute Gasteiger partial charge is 0.299 e. The van der Waals surface area contributed by atoms with Crippen LogP contribution in [-0.2, 0) is 15.8 Å². The maximum Gasteiger partial charge on any atom is 0.137 e. The van der Waals surface area contributed by atoms with Gasteiger partial charge in [-0.2, -0.15) is 0 Å². The van der Waals surface area contributed by atoms with Crippen molar-refractivity contribution in [3.05, 3.63) is 29.8 Å². The number of hydrogen-bond acceptors (Lipinski definition) is 2. The topological polar surface area (TPSA) is 46.2 Å². The quantitative estimate of drug-likeness (QED) is 0.702. The molecule has 4 heteroatoms. The van der Waals surface area contributed by atoms with E-state index in [0.29, 0.717) is 6.42 Å². The zero-order chi connectivity index (χ0) is 16.5. The molecule has 0 saturated carbocycles. The predicted octanol–water partition coefficient (Wildman–Crippen LogP) is 4.17. The molecule has 1 unspecified atom stereocenters. The minimum absolute atomic E-state index is 0.0174. The normalized spacial score (nSPS) is 15.3. The average Bonchev–Trinajstić information content (AvgIpc) is 2.49. The summed E-state index contributed by atoms with van der Waals surface area (Å²) in [6.07, 6.45) is 4.11. The van der Waals surface area contributed by atoms with Gasteiger partial charge in [0, 0.05) is 18.4 Å². The molecule has 0 radical (unpaired) electrons. The number of hydrogen-bond donors (Lipinski definition) is 1. The second kappa shape index (κ2) is 9.90. The van der Waals surface area contributed by atoms with Gasteiger partial charge in [-0.15, -0.1) is 0 Å². The van der Waals surface area contributed by atoms with Crippen LogP contribution >= 0.6 is 0 Å². The van der Waals surface area contributed by atoms with Gasteiger partial charge in [-0.3, -0.25) is 4.79 Å². The van der Waals surface area contributed by atoms with Crippen molar-refractivity contribution in [3.63, 3.8) is 0 Å². The molecule has 0 aliphatic rings. The summed E-state index contributed by atoms with van der Waals surface area (Å²) in [5.41, 5.74) is 1.15. The van der Waals surface area contributed by atoms with Gasteiger partial charge in [0.15, 0.2) is 0 Å². The van der Waals surface area contributed by atoms with Gasteiger partial charge in [-0.1, -0.05) is 44.9 Å². The van der Waals surface area contributed by atoms with Crippen molar-refractivity contribution in [2.45, 2.75) is 70.7 Å². The Balaban J connectivity index is 2.83. The Bertz CT molecular complexity index is 484.